The van der Waals surface area contributed by atoms with Crippen molar-refractivity contribution in [3.63, 3.8) is 0 Å². The topological polar surface area (TPSA) is 93.0 Å². The van der Waals surface area contributed by atoms with Crippen LogP contribution in [0.1, 0.15) is 35.7 Å². The van der Waals surface area contributed by atoms with Crippen molar-refractivity contribution in [2.75, 3.05) is 0 Å². The van der Waals surface area contributed by atoms with E-state index in [9.17, 15) is 9.18 Å². The van der Waals surface area contributed by atoms with Crippen molar-refractivity contribution in [2.24, 2.45) is 0 Å². The molecule has 3 rings (SSSR count). The summed E-state index contributed by atoms with van der Waals surface area (Å²) in [6.45, 7) is 5.66. The number of hydrogen-bond donors (Lipinski definition) is 2. The fourth-order valence-corrected chi connectivity index (χ4v) is 2.38. The lowest BCUT2D eigenvalue weighted by Crippen LogP contribution is -2.30. The van der Waals surface area contributed by atoms with Crippen LogP contribution in [0.2, 0.25) is 0 Å². The number of aromatic amines is 1. The number of hydrogen-bond acceptors (Lipinski definition) is 5. The van der Waals surface area contributed by atoms with E-state index in [-0.39, 0.29) is 30.3 Å². The van der Waals surface area contributed by atoms with Gasteiger partial charge in [-0.2, -0.15) is 0 Å². The Hall–Kier alpha value is -3.16. The average molecular weight is 358 g/mol. The van der Waals surface area contributed by atoms with Gasteiger partial charge in [0.15, 0.2) is 0 Å². The molecule has 0 bridgehead atoms. The molecule has 0 atom stereocenters. The van der Waals surface area contributed by atoms with Crippen LogP contribution in [0.3, 0.4) is 0 Å². The molecule has 2 aromatic heterocycles. The molecule has 8 heteroatoms. The predicted molar refractivity (Wildman–Crippen MR) is 92.2 cm³/mol. The summed E-state index contributed by atoms with van der Waals surface area (Å²) in [4.78, 5) is 11.9. The quantitative estimate of drug-likeness (QED) is 0.706. The van der Waals surface area contributed by atoms with Gasteiger partial charge in [0.1, 0.15) is 29.6 Å². The van der Waals surface area contributed by atoms with Gasteiger partial charge in [0, 0.05) is 17.7 Å². The second-order valence-corrected chi connectivity index (χ2v) is 6.11. The molecule has 0 aliphatic rings. The Bertz CT molecular complexity index is 900. The van der Waals surface area contributed by atoms with Crippen molar-refractivity contribution in [3.05, 3.63) is 53.2 Å². The molecule has 0 aliphatic carbocycles. The smallest absolute Gasteiger partial charge is 0.269 e. The average Bonchev–Trinajstić information content (AvgIpc) is 3.20. The van der Waals surface area contributed by atoms with Crippen LogP contribution in [0.4, 0.5) is 4.39 Å². The van der Waals surface area contributed by atoms with Crippen LogP contribution in [0.15, 0.2) is 34.9 Å². The number of nitrogens with one attached hydrogen (secondary N) is 2. The lowest BCUT2D eigenvalue weighted by atomic mass is 10.1. The molecule has 0 unspecified atom stereocenters. The number of carbonyl (C=O) groups excluding carboxylic acids is 1. The molecule has 136 valence electrons. The van der Waals surface area contributed by atoms with Crippen molar-refractivity contribution >= 4 is 5.91 Å². The highest BCUT2D eigenvalue weighted by atomic mass is 19.1. The number of ether oxygens (including phenoxy) is 1. The van der Waals surface area contributed by atoms with Crippen LogP contribution >= 0.6 is 0 Å². The molecule has 1 aromatic carbocycles. The first kappa shape index (κ1) is 17.7. The van der Waals surface area contributed by atoms with Gasteiger partial charge in [-0.05, 0) is 45.0 Å². The third-order valence-electron chi connectivity index (χ3n) is 3.69. The summed E-state index contributed by atoms with van der Waals surface area (Å²) in [5, 5.41) is 13.4. The lowest BCUT2D eigenvalue weighted by molar-refractivity contribution is 0.0938. The Balaban J connectivity index is 1.73. The van der Waals surface area contributed by atoms with Crippen LogP contribution in [-0.2, 0) is 6.61 Å². The van der Waals surface area contributed by atoms with E-state index in [1.165, 1.54) is 18.2 Å². The standard InChI is InChI=1S/C18H19FN4O3/c1-10(2)20-18(24)15-8-16(22-21-15)25-9-14-11(3)26-23-17(14)12-4-6-13(19)7-5-12/h4-8,10H,9H2,1-3H3,(H,20,24)(H,21,22). The number of carbonyl (C=O) groups is 1. The summed E-state index contributed by atoms with van der Waals surface area (Å²) >= 11 is 0. The third-order valence-corrected chi connectivity index (χ3v) is 3.69. The Labute approximate surface area is 149 Å². The highest BCUT2D eigenvalue weighted by Gasteiger charge is 2.17. The Morgan fingerprint density at radius 1 is 1.35 bits per heavy atom. The van der Waals surface area contributed by atoms with E-state index < -0.39 is 0 Å². The largest absolute Gasteiger partial charge is 0.472 e. The lowest BCUT2D eigenvalue weighted by Gasteiger charge is -2.05. The molecule has 0 spiro atoms. The fourth-order valence-electron chi connectivity index (χ4n) is 2.38. The zero-order chi connectivity index (χ0) is 18.7. The van der Waals surface area contributed by atoms with Crippen molar-refractivity contribution in [1.82, 2.24) is 20.7 Å². The van der Waals surface area contributed by atoms with Gasteiger partial charge in [-0.25, -0.2) is 4.39 Å². The van der Waals surface area contributed by atoms with Crippen LogP contribution in [0, 0.1) is 12.7 Å². The van der Waals surface area contributed by atoms with Gasteiger partial charge in [-0.15, -0.1) is 5.10 Å². The number of aromatic nitrogens is 3. The number of aryl methyl sites for hydroxylation is 1. The minimum atomic E-state index is -0.324. The summed E-state index contributed by atoms with van der Waals surface area (Å²) in [5.41, 5.74) is 2.35. The van der Waals surface area contributed by atoms with Gasteiger partial charge >= 0.3 is 0 Å². The summed E-state index contributed by atoms with van der Waals surface area (Å²) in [7, 11) is 0. The molecule has 0 saturated carbocycles. The maximum atomic E-state index is 13.1. The highest BCUT2D eigenvalue weighted by Crippen LogP contribution is 2.26. The van der Waals surface area contributed by atoms with E-state index >= 15 is 0 Å². The maximum Gasteiger partial charge on any atom is 0.269 e. The van der Waals surface area contributed by atoms with E-state index in [4.69, 9.17) is 9.26 Å². The molecule has 7 nitrogen and oxygen atoms in total. The van der Waals surface area contributed by atoms with E-state index in [2.05, 4.69) is 20.7 Å². The molecule has 0 saturated heterocycles. The number of benzene rings is 1. The molecule has 1 amide bonds. The highest BCUT2D eigenvalue weighted by molar-refractivity contribution is 5.92. The Morgan fingerprint density at radius 2 is 2.08 bits per heavy atom. The Morgan fingerprint density at radius 3 is 2.77 bits per heavy atom. The monoisotopic (exact) mass is 358 g/mol. The van der Waals surface area contributed by atoms with Crippen LogP contribution in [0.25, 0.3) is 11.3 Å². The van der Waals surface area contributed by atoms with Crippen LogP contribution < -0.4 is 10.1 Å². The molecule has 3 aromatic rings. The maximum absolute atomic E-state index is 13.1. The molecule has 0 fully saturated rings. The SMILES string of the molecule is Cc1onc(-c2ccc(F)cc2)c1COc1cc(C(=O)NC(C)C)[nH]n1. The van der Waals surface area contributed by atoms with E-state index in [1.54, 1.807) is 19.1 Å². The van der Waals surface area contributed by atoms with Crippen LogP contribution in [0.5, 0.6) is 5.88 Å². The zero-order valence-electron chi connectivity index (χ0n) is 14.7. The van der Waals surface area contributed by atoms with Gasteiger partial charge in [0.25, 0.3) is 5.91 Å². The number of H-pyrrole nitrogens is 1. The van der Waals surface area contributed by atoms with Gasteiger partial charge in [0.2, 0.25) is 5.88 Å². The van der Waals surface area contributed by atoms with Gasteiger partial charge in [-0.3, -0.25) is 9.89 Å². The molecular weight excluding hydrogens is 339 g/mol. The van der Waals surface area contributed by atoms with Gasteiger partial charge in [-0.1, -0.05) is 5.16 Å². The number of amides is 1. The molecule has 0 radical (unpaired) electrons. The minimum absolute atomic E-state index is 0.0214. The van der Waals surface area contributed by atoms with Crippen molar-refractivity contribution in [3.8, 4) is 17.1 Å². The predicted octanol–water partition coefficient (Wildman–Crippen LogP) is 3.23. The summed E-state index contributed by atoms with van der Waals surface area (Å²) < 4.78 is 24.0. The zero-order valence-corrected chi connectivity index (χ0v) is 14.7. The Kier molecular flexibility index (Phi) is 5.01. The molecular formula is C18H19FN4O3. The summed E-state index contributed by atoms with van der Waals surface area (Å²) in [6, 6.07) is 7.51. The number of nitrogens with zero attached hydrogens (tertiary/aromatic N) is 2. The summed E-state index contributed by atoms with van der Waals surface area (Å²) in [5.74, 6) is 0.299. The van der Waals surface area contributed by atoms with Crippen LogP contribution in [-0.4, -0.2) is 27.3 Å². The second kappa shape index (κ2) is 7.38. The minimum Gasteiger partial charge on any atom is -0.472 e. The van der Waals surface area contributed by atoms with E-state index in [1.807, 2.05) is 13.8 Å². The van der Waals surface area contributed by atoms with Crippen molar-refractivity contribution in [2.45, 2.75) is 33.4 Å². The molecule has 2 N–H and O–H groups in total. The fraction of sp³-hybridized carbons (Fsp3) is 0.278. The van der Waals surface area contributed by atoms with Gasteiger partial charge in [0.05, 0.1) is 5.56 Å². The summed E-state index contributed by atoms with van der Waals surface area (Å²) in [6.07, 6.45) is 0. The van der Waals surface area contributed by atoms with Gasteiger partial charge < -0.3 is 14.6 Å². The third kappa shape index (κ3) is 3.90. The van der Waals surface area contributed by atoms with E-state index in [0.717, 1.165) is 11.1 Å². The first-order valence-electron chi connectivity index (χ1n) is 8.14. The first-order valence-corrected chi connectivity index (χ1v) is 8.14. The van der Waals surface area contributed by atoms with E-state index in [0.29, 0.717) is 17.1 Å². The number of rotatable bonds is 6. The van der Waals surface area contributed by atoms with Crippen molar-refractivity contribution < 1.29 is 18.4 Å². The second-order valence-electron chi connectivity index (χ2n) is 6.11. The molecule has 26 heavy (non-hydrogen) atoms. The van der Waals surface area contributed by atoms with Crippen molar-refractivity contribution in [1.29, 1.82) is 0 Å². The number of halogens is 1. The molecule has 0 aliphatic heterocycles. The first-order chi connectivity index (χ1) is 12.4. The normalized spacial score (nSPS) is 11.0. The molecule has 2 heterocycles.